The standard InChI is InChI=1S/C16H27ClN4O/c1-4-18-16(19-8-5-9-22-12-13(2)3)21-11-14-6-7-15(17)20-10-14/h6-7,10,13H,4-5,8-9,11-12H2,1-3H3,(H2,18,19,21). The number of nitrogens with one attached hydrogen (secondary N) is 2. The summed E-state index contributed by atoms with van der Waals surface area (Å²) in [5.41, 5.74) is 1.03. The maximum Gasteiger partial charge on any atom is 0.191 e. The van der Waals surface area contributed by atoms with Gasteiger partial charge in [-0.2, -0.15) is 0 Å². The highest BCUT2D eigenvalue weighted by atomic mass is 35.5. The molecule has 1 aromatic heterocycles. The van der Waals surface area contributed by atoms with E-state index in [1.165, 1.54) is 0 Å². The average molecular weight is 327 g/mol. The monoisotopic (exact) mass is 326 g/mol. The Hall–Kier alpha value is -1.33. The minimum Gasteiger partial charge on any atom is -0.381 e. The topological polar surface area (TPSA) is 58.5 Å². The maximum atomic E-state index is 5.77. The largest absolute Gasteiger partial charge is 0.381 e. The number of aliphatic imine (C=N–C) groups is 1. The van der Waals surface area contributed by atoms with E-state index in [4.69, 9.17) is 16.3 Å². The summed E-state index contributed by atoms with van der Waals surface area (Å²) < 4.78 is 5.56. The van der Waals surface area contributed by atoms with Gasteiger partial charge >= 0.3 is 0 Å². The van der Waals surface area contributed by atoms with Crippen LogP contribution < -0.4 is 10.6 Å². The van der Waals surface area contributed by atoms with Gasteiger partial charge in [0.1, 0.15) is 5.15 Å². The van der Waals surface area contributed by atoms with Gasteiger partial charge in [-0.25, -0.2) is 9.98 Å². The zero-order chi connectivity index (χ0) is 16.2. The summed E-state index contributed by atoms with van der Waals surface area (Å²) in [6, 6.07) is 3.71. The minimum atomic E-state index is 0.499. The van der Waals surface area contributed by atoms with Crippen LogP contribution >= 0.6 is 11.6 Å². The van der Waals surface area contributed by atoms with Crippen molar-refractivity contribution in [2.75, 3.05) is 26.3 Å². The molecule has 1 heterocycles. The average Bonchev–Trinajstić information content (AvgIpc) is 2.49. The van der Waals surface area contributed by atoms with E-state index >= 15 is 0 Å². The van der Waals surface area contributed by atoms with E-state index in [2.05, 4.69) is 34.5 Å². The van der Waals surface area contributed by atoms with E-state index in [1.807, 2.05) is 13.0 Å². The van der Waals surface area contributed by atoms with E-state index in [1.54, 1.807) is 12.3 Å². The van der Waals surface area contributed by atoms with Gasteiger partial charge in [0.2, 0.25) is 0 Å². The molecule has 0 aliphatic heterocycles. The molecule has 0 unspecified atom stereocenters. The van der Waals surface area contributed by atoms with Crippen molar-refractivity contribution in [2.45, 2.75) is 33.7 Å². The first-order chi connectivity index (χ1) is 10.6. The van der Waals surface area contributed by atoms with Crippen LogP contribution in [-0.2, 0) is 11.3 Å². The van der Waals surface area contributed by atoms with E-state index in [9.17, 15) is 0 Å². The zero-order valence-corrected chi connectivity index (χ0v) is 14.5. The molecule has 1 aromatic rings. The molecular weight excluding hydrogens is 300 g/mol. The molecule has 124 valence electrons. The second kappa shape index (κ2) is 11.3. The fraction of sp³-hybridized carbons (Fsp3) is 0.625. The van der Waals surface area contributed by atoms with Crippen LogP contribution in [-0.4, -0.2) is 37.2 Å². The van der Waals surface area contributed by atoms with Gasteiger partial charge in [-0.05, 0) is 30.9 Å². The van der Waals surface area contributed by atoms with Crippen LogP contribution in [0.1, 0.15) is 32.8 Å². The number of aromatic nitrogens is 1. The number of pyridine rings is 1. The van der Waals surface area contributed by atoms with Crippen molar-refractivity contribution in [3.05, 3.63) is 29.0 Å². The third-order valence-corrected chi connectivity index (χ3v) is 2.99. The van der Waals surface area contributed by atoms with Gasteiger partial charge < -0.3 is 15.4 Å². The highest BCUT2D eigenvalue weighted by Gasteiger charge is 1.99. The van der Waals surface area contributed by atoms with Gasteiger partial charge in [-0.1, -0.05) is 31.5 Å². The summed E-state index contributed by atoms with van der Waals surface area (Å²) >= 11 is 5.77. The van der Waals surface area contributed by atoms with Gasteiger partial charge in [0.25, 0.3) is 0 Å². The number of ether oxygens (including phenoxy) is 1. The zero-order valence-electron chi connectivity index (χ0n) is 13.7. The van der Waals surface area contributed by atoms with Gasteiger partial charge in [-0.15, -0.1) is 0 Å². The molecule has 0 spiro atoms. The summed E-state index contributed by atoms with van der Waals surface area (Å²) in [4.78, 5) is 8.58. The van der Waals surface area contributed by atoms with Crippen molar-refractivity contribution in [2.24, 2.45) is 10.9 Å². The Labute approximate surface area is 138 Å². The quantitative estimate of drug-likeness (QED) is 0.317. The Balaban J connectivity index is 2.31. The first-order valence-corrected chi connectivity index (χ1v) is 8.20. The van der Waals surface area contributed by atoms with E-state index < -0.39 is 0 Å². The number of nitrogens with zero attached hydrogens (tertiary/aromatic N) is 2. The minimum absolute atomic E-state index is 0.499. The van der Waals surface area contributed by atoms with Gasteiger partial charge in [0.15, 0.2) is 5.96 Å². The van der Waals surface area contributed by atoms with Crippen LogP contribution in [0.5, 0.6) is 0 Å². The first kappa shape index (κ1) is 18.7. The molecule has 0 atom stereocenters. The van der Waals surface area contributed by atoms with Crippen molar-refractivity contribution in [3.63, 3.8) is 0 Å². The van der Waals surface area contributed by atoms with Crippen LogP contribution in [0.25, 0.3) is 0 Å². The van der Waals surface area contributed by atoms with Crippen molar-refractivity contribution in [3.8, 4) is 0 Å². The fourth-order valence-electron chi connectivity index (χ4n) is 1.71. The molecule has 6 heteroatoms. The number of rotatable bonds is 9. The van der Waals surface area contributed by atoms with Gasteiger partial charge in [0.05, 0.1) is 6.54 Å². The lowest BCUT2D eigenvalue weighted by Crippen LogP contribution is -2.38. The maximum absolute atomic E-state index is 5.77. The normalized spacial score (nSPS) is 11.8. The molecule has 0 amide bonds. The summed E-state index contributed by atoms with van der Waals surface area (Å²) in [5.74, 6) is 1.39. The van der Waals surface area contributed by atoms with Gasteiger partial charge in [-0.3, -0.25) is 0 Å². The highest BCUT2D eigenvalue weighted by Crippen LogP contribution is 2.05. The SMILES string of the molecule is CCNC(=NCc1ccc(Cl)nc1)NCCCOCC(C)C. The molecule has 0 aliphatic carbocycles. The number of guanidine groups is 1. The molecule has 0 saturated heterocycles. The summed E-state index contributed by atoms with van der Waals surface area (Å²) in [6.07, 6.45) is 2.70. The molecule has 0 aliphatic rings. The van der Waals surface area contributed by atoms with Crippen LogP contribution in [0.15, 0.2) is 23.3 Å². The van der Waals surface area contributed by atoms with E-state index in [0.717, 1.165) is 44.2 Å². The highest BCUT2D eigenvalue weighted by molar-refractivity contribution is 6.29. The lowest BCUT2D eigenvalue weighted by atomic mass is 10.2. The lowest BCUT2D eigenvalue weighted by Gasteiger charge is -2.12. The molecule has 0 radical (unpaired) electrons. The smallest absolute Gasteiger partial charge is 0.191 e. The summed E-state index contributed by atoms with van der Waals surface area (Å²) in [7, 11) is 0. The van der Waals surface area contributed by atoms with E-state index in [0.29, 0.717) is 17.6 Å². The molecule has 1 rings (SSSR count). The third-order valence-electron chi connectivity index (χ3n) is 2.76. The molecule has 0 aromatic carbocycles. The van der Waals surface area contributed by atoms with Crippen LogP contribution in [0.3, 0.4) is 0 Å². The summed E-state index contributed by atoms with van der Waals surface area (Å²) in [5, 5.41) is 7.03. The Bertz CT molecular complexity index is 434. The molecule has 0 bridgehead atoms. The van der Waals surface area contributed by atoms with Crippen LogP contribution in [0.2, 0.25) is 5.15 Å². The van der Waals surface area contributed by atoms with Crippen molar-refractivity contribution in [1.29, 1.82) is 0 Å². The number of halogens is 1. The Morgan fingerprint density at radius 3 is 2.82 bits per heavy atom. The molecule has 5 nitrogen and oxygen atoms in total. The van der Waals surface area contributed by atoms with Gasteiger partial charge in [0, 0.05) is 32.5 Å². The van der Waals surface area contributed by atoms with Crippen LogP contribution in [0.4, 0.5) is 0 Å². The molecular formula is C16H27ClN4O. The van der Waals surface area contributed by atoms with Crippen molar-refractivity contribution >= 4 is 17.6 Å². The molecule has 0 saturated carbocycles. The van der Waals surface area contributed by atoms with E-state index in [-0.39, 0.29) is 0 Å². The molecule has 22 heavy (non-hydrogen) atoms. The Morgan fingerprint density at radius 2 is 2.18 bits per heavy atom. The first-order valence-electron chi connectivity index (χ1n) is 7.82. The lowest BCUT2D eigenvalue weighted by molar-refractivity contribution is 0.108. The van der Waals surface area contributed by atoms with Crippen LogP contribution in [0, 0.1) is 5.92 Å². The van der Waals surface area contributed by atoms with Crippen molar-refractivity contribution in [1.82, 2.24) is 15.6 Å². The van der Waals surface area contributed by atoms with Crippen molar-refractivity contribution < 1.29 is 4.74 Å². The third kappa shape index (κ3) is 8.85. The second-order valence-electron chi connectivity index (χ2n) is 5.43. The second-order valence-corrected chi connectivity index (χ2v) is 5.82. The fourth-order valence-corrected chi connectivity index (χ4v) is 1.82. The molecule has 2 N–H and O–H groups in total. The Kier molecular flexibility index (Phi) is 9.59. The Morgan fingerprint density at radius 1 is 1.36 bits per heavy atom. The predicted octanol–water partition coefficient (Wildman–Crippen LogP) is 2.85. The number of hydrogen-bond acceptors (Lipinski definition) is 3. The number of hydrogen-bond donors (Lipinski definition) is 2. The predicted molar refractivity (Wildman–Crippen MR) is 92.3 cm³/mol. The molecule has 0 fully saturated rings. The summed E-state index contributed by atoms with van der Waals surface area (Å²) in [6.45, 7) is 10.2.